The summed E-state index contributed by atoms with van der Waals surface area (Å²) in [5, 5.41) is 3.22. The first-order valence-electron chi connectivity index (χ1n) is 7.29. The van der Waals surface area contributed by atoms with Gasteiger partial charge in [-0.1, -0.05) is 12.1 Å². The fourth-order valence-corrected chi connectivity index (χ4v) is 3.12. The van der Waals surface area contributed by atoms with Gasteiger partial charge in [0, 0.05) is 37.8 Å². The van der Waals surface area contributed by atoms with Gasteiger partial charge in [0.25, 0.3) is 0 Å². The summed E-state index contributed by atoms with van der Waals surface area (Å²) in [6, 6.07) is 3.42. The molecule has 0 aromatic heterocycles. The monoisotopic (exact) mass is 302 g/mol. The van der Waals surface area contributed by atoms with Crippen molar-refractivity contribution >= 4 is 0 Å². The van der Waals surface area contributed by atoms with Crippen molar-refractivity contribution < 1.29 is 17.6 Å². The van der Waals surface area contributed by atoms with Crippen LogP contribution in [-0.2, 0) is 6.18 Å². The van der Waals surface area contributed by atoms with E-state index < -0.39 is 17.6 Å². The van der Waals surface area contributed by atoms with Crippen molar-refractivity contribution in [2.45, 2.75) is 25.1 Å². The molecule has 1 N–H and O–H groups in total. The average Bonchev–Trinajstić information content (AvgIpc) is 3.26. The van der Waals surface area contributed by atoms with Crippen LogP contribution in [0, 0.1) is 11.7 Å². The Bertz CT molecular complexity index is 505. The lowest BCUT2D eigenvalue weighted by atomic mass is 9.96. The van der Waals surface area contributed by atoms with Crippen molar-refractivity contribution in [3.63, 3.8) is 0 Å². The lowest BCUT2D eigenvalue weighted by Gasteiger charge is -2.36. The second-order valence-corrected chi connectivity index (χ2v) is 5.77. The quantitative estimate of drug-likeness (QED) is 0.863. The highest BCUT2D eigenvalue weighted by Gasteiger charge is 2.41. The summed E-state index contributed by atoms with van der Waals surface area (Å²) in [5.41, 5.74) is -0.949. The number of hydrogen-bond donors (Lipinski definition) is 1. The van der Waals surface area contributed by atoms with E-state index in [4.69, 9.17) is 0 Å². The average molecular weight is 302 g/mol. The van der Waals surface area contributed by atoms with E-state index in [-0.39, 0.29) is 17.5 Å². The highest BCUT2D eigenvalue weighted by atomic mass is 19.4. The van der Waals surface area contributed by atoms with Gasteiger partial charge in [0.15, 0.2) is 0 Å². The van der Waals surface area contributed by atoms with Gasteiger partial charge < -0.3 is 5.32 Å². The molecule has 0 amide bonds. The topological polar surface area (TPSA) is 15.3 Å². The molecule has 21 heavy (non-hydrogen) atoms. The van der Waals surface area contributed by atoms with Crippen LogP contribution in [0.1, 0.15) is 30.0 Å². The van der Waals surface area contributed by atoms with Gasteiger partial charge in [0.1, 0.15) is 5.82 Å². The summed E-state index contributed by atoms with van der Waals surface area (Å²) >= 11 is 0. The van der Waals surface area contributed by atoms with E-state index in [1.165, 1.54) is 12.1 Å². The molecule has 0 bridgehead atoms. The summed E-state index contributed by atoms with van der Waals surface area (Å²) < 4.78 is 53.1. The molecule has 3 rings (SSSR count). The molecule has 116 valence electrons. The van der Waals surface area contributed by atoms with E-state index in [1.54, 1.807) is 0 Å². The van der Waals surface area contributed by atoms with Crippen LogP contribution in [0.2, 0.25) is 0 Å². The SMILES string of the molecule is Fc1c([C@@H](C2CC2)N2CCNCC2)cccc1C(F)(F)F. The molecule has 0 radical (unpaired) electrons. The first kappa shape index (κ1) is 14.8. The fraction of sp³-hybridized carbons (Fsp3) is 0.600. The summed E-state index contributed by atoms with van der Waals surface area (Å²) in [4.78, 5) is 2.12. The van der Waals surface area contributed by atoms with Gasteiger partial charge in [-0.2, -0.15) is 13.2 Å². The minimum Gasteiger partial charge on any atom is -0.314 e. The molecule has 1 aromatic rings. The van der Waals surface area contributed by atoms with Gasteiger partial charge in [-0.15, -0.1) is 0 Å². The van der Waals surface area contributed by atoms with E-state index in [1.807, 2.05) is 0 Å². The Morgan fingerprint density at radius 3 is 2.38 bits per heavy atom. The maximum absolute atomic E-state index is 14.4. The fourth-order valence-electron chi connectivity index (χ4n) is 3.12. The molecule has 6 heteroatoms. The molecule has 1 saturated heterocycles. The number of alkyl halides is 3. The zero-order valence-electron chi connectivity index (χ0n) is 11.6. The lowest BCUT2D eigenvalue weighted by Crippen LogP contribution is -2.46. The molecule has 1 saturated carbocycles. The van der Waals surface area contributed by atoms with Crippen molar-refractivity contribution in [3.05, 3.63) is 35.1 Å². The molecular weight excluding hydrogens is 284 g/mol. The van der Waals surface area contributed by atoms with Crippen LogP contribution in [-0.4, -0.2) is 31.1 Å². The first-order valence-corrected chi connectivity index (χ1v) is 7.29. The van der Waals surface area contributed by atoms with Gasteiger partial charge in [0.2, 0.25) is 0 Å². The smallest absolute Gasteiger partial charge is 0.314 e. The van der Waals surface area contributed by atoms with Crippen LogP contribution in [0.4, 0.5) is 17.6 Å². The van der Waals surface area contributed by atoms with Crippen molar-refractivity contribution in [1.82, 2.24) is 10.2 Å². The zero-order chi connectivity index (χ0) is 15.0. The van der Waals surface area contributed by atoms with Crippen molar-refractivity contribution in [2.24, 2.45) is 5.92 Å². The number of rotatable bonds is 3. The van der Waals surface area contributed by atoms with Gasteiger partial charge in [0.05, 0.1) is 5.56 Å². The first-order chi connectivity index (χ1) is 9.98. The number of piperazine rings is 1. The maximum Gasteiger partial charge on any atom is 0.419 e. The normalized spacial score (nSPS) is 22.3. The molecular formula is C15H18F4N2. The van der Waals surface area contributed by atoms with Crippen molar-refractivity contribution in [3.8, 4) is 0 Å². The molecule has 1 aromatic carbocycles. The zero-order valence-corrected chi connectivity index (χ0v) is 11.6. The lowest BCUT2D eigenvalue weighted by molar-refractivity contribution is -0.140. The minimum absolute atomic E-state index is 0.203. The third-order valence-corrected chi connectivity index (χ3v) is 4.27. The second-order valence-electron chi connectivity index (χ2n) is 5.77. The van der Waals surface area contributed by atoms with E-state index in [9.17, 15) is 17.6 Å². The Kier molecular flexibility index (Phi) is 3.92. The molecule has 0 unspecified atom stereocenters. The number of nitrogens with one attached hydrogen (secondary N) is 1. The summed E-state index contributed by atoms with van der Waals surface area (Å²) in [6.07, 6.45) is -2.72. The van der Waals surface area contributed by atoms with Gasteiger partial charge in [-0.25, -0.2) is 4.39 Å². The molecule has 1 aliphatic carbocycles. The number of halogens is 4. The van der Waals surface area contributed by atoms with E-state index in [0.29, 0.717) is 0 Å². The van der Waals surface area contributed by atoms with Crippen LogP contribution >= 0.6 is 0 Å². The Hall–Kier alpha value is -1.14. The Morgan fingerprint density at radius 1 is 1.14 bits per heavy atom. The van der Waals surface area contributed by atoms with E-state index in [0.717, 1.165) is 45.1 Å². The van der Waals surface area contributed by atoms with Gasteiger partial charge >= 0.3 is 6.18 Å². The third-order valence-electron chi connectivity index (χ3n) is 4.27. The molecule has 2 nitrogen and oxygen atoms in total. The summed E-state index contributed by atoms with van der Waals surface area (Å²) in [7, 11) is 0. The maximum atomic E-state index is 14.4. The summed E-state index contributed by atoms with van der Waals surface area (Å²) in [6.45, 7) is 3.08. The number of benzene rings is 1. The molecule has 2 fully saturated rings. The highest BCUT2D eigenvalue weighted by molar-refractivity contribution is 5.31. The van der Waals surface area contributed by atoms with E-state index >= 15 is 0 Å². The number of nitrogens with zero attached hydrogens (tertiary/aromatic N) is 1. The predicted octanol–water partition coefficient (Wildman–Crippen LogP) is 3.20. The molecule has 0 spiro atoms. The Morgan fingerprint density at radius 2 is 1.81 bits per heavy atom. The van der Waals surface area contributed by atoms with Crippen LogP contribution in [0.15, 0.2) is 18.2 Å². The van der Waals surface area contributed by atoms with Crippen LogP contribution in [0.5, 0.6) is 0 Å². The molecule has 2 aliphatic rings. The molecule has 1 heterocycles. The predicted molar refractivity (Wildman–Crippen MR) is 71.3 cm³/mol. The van der Waals surface area contributed by atoms with Crippen LogP contribution < -0.4 is 5.32 Å². The van der Waals surface area contributed by atoms with Gasteiger partial charge in [-0.05, 0) is 24.8 Å². The standard InChI is InChI=1S/C15H18F4N2/c16-13-11(2-1-3-12(13)15(17,18)19)14(10-4-5-10)21-8-6-20-7-9-21/h1-3,10,14,20H,4-9H2/t14-/m1/s1. The third kappa shape index (κ3) is 3.06. The second kappa shape index (κ2) is 5.57. The van der Waals surface area contributed by atoms with Crippen LogP contribution in [0.25, 0.3) is 0 Å². The Labute approximate surface area is 121 Å². The molecule has 1 atom stereocenters. The van der Waals surface area contributed by atoms with E-state index in [2.05, 4.69) is 10.2 Å². The summed E-state index contributed by atoms with van der Waals surface area (Å²) in [5.74, 6) is -0.818. The minimum atomic E-state index is -4.64. The number of hydrogen-bond acceptors (Lipinski definition) is 2. The van der Waals surface area contributed by atoms with Crippen LogP contribution in [0.3, 0.4) is 0 Å². The largest absolute Gasteiger partial charge is 0.419 e. The molecule has 1 aliphatic heterocycles. The van der Waals surface area contributed by atoms with Crippen molar-refractivity contribution in [2.75, 3.05) is 26.2 Å². The van der Waals surface area contributed by atoms with Crippen molar-refractivity contribution in [1.29, 1.82) is 0 Å². The van der Waals surface area contributed by atoms with Gasteiger partial charge in [-0.3, -0.25) is 4.90 Å². The Balaban J connectivity index is 1.96. The highest BCUT2D eigenvalue weighted by Crippen LogP contribution is 2.46.